The van der Waals surface area contributed by atoms with E-state index in [1.807, 2.05) is 6.92 Å². The first-order valence-electron chi connectivity index (χ1n) is 3.55. The summed E-state index contributed by atoms with van der Waals surface area (Å²) in [6.07, 6.45) is 1.39. The summed E-state index contributed by atoms with van der Waals surface area (Å²) in [6, 6.07) is -0.503. The van der Waals surface area contributed by atoms with Gasteiger partial charge in [0.25, 0.3) is 0 Å². The molecule has 0 aliphatic carbocycles. The highest BCUT2D eigenvalue weighted by Gasteiger charge is 2.12. The monoisotopic (exact) mass is 157 g/mol. The van der Waals surface area contributed by atoms with E-state index in [1.165, 1.54) is 7.11 Å². The Balaban J connectivity index is 3.60. The molecule has 11 heavy (non-hydrogen) atoms. The molecule has 64 valence electrons. The van der Waals surface area contributed by atoms with Crippen molar-refractivity contribution < 1.29 is 9.53 Å². The van der Waals surface area contributed by atoms with Crippen LogP contribution in [-0.4, -0.2) is 19.1 Å². The van der Waals surface area contributed by atoms with Gasteiger partial charge in [-0.05, 0) is 19.8 Å². The van der Waals surface area contributed by atoms with Gasteiger partial charge in [0, 0.05) is 0 Å². The maximum Gasteiger partial charge on any atom is 0.322 e. The van der Waals surface area contributed by atoms with Crippen LogP contribution in [0.2, 0.25) is 0 Å². The Labute approximate surface area is 67.2 Å². The van der Waals surface area contributed by atoms with Gasteiger partial charge in [0.05, 0.1) is 7.11 Å². The highest BCUT2D eigenvalue weighted by molar-refractivity contribution is 5.75. The highest BCUT2D eigenvalue weighted by Crippen LogP contribution is 2.03. The third-order valence-corrected chi connectivity index (χ3v) is 1.39. The molecule has 0 aromatic rings. The van der Waals surface area contributed by atoms with Crippen molar-refractivity contribution in [3.05, 3.63) is 12.2 Å². The highest BCUT2D eigenvalue weighted by atomic mass is 16.5. The van der Waals surface area contributed by atoms with Gasteiger partial charge in [-0.3, -0.25) is 4.79 Å². The lowest BCUT2D eigenvalue weighted by atomic mass is 10.1. The molecule has 2 N–H and O–H groups in total. The summed E-state index contributed by atoms with van der Waals surface area (Å²) in [7, 11) is 1.34. The molecule has 0 bridgehead atoms. The van der Waals surface area contributed by atoms with Crippen molar-refractivity contribution in [3.63, 3.8) is 0 Å². The molecule has 1 atom stereocenters. The van der Waals surface area contributed by atoms with Crippen LogP contribution < -0.4 is 5.73 Å². The fraction of sp³-hybridized carbons (Fsp3) is 0.625. The summed E-state index contributed by atoms with van der Waals surface area (Å²) in [5.41, 5.74) is 6.49. The smallest absolute Gasteiger partial charge is 0.322 e. The molecule has 0 spiro atoms. The van der Waals surface area contributed by atoms with Gasteiger partial charge in [0.15, 0.2) is 0 Å². The van der Waals surface area contributed by atoms with Crippen molar-refractivity contribution in [1.82, 2.24) is 0 Å². The van der Waals surface area contributed by atoms with Crippen LogP contribution in [-0.2, 0) is 9.53 Å². The van der Waals surface area contributed by atoms with Gasteiger partial charge in [-0.25, -0.2) is 0 Å². The topological polar surface area (TPSA) is 52.3 Å². The van der Waals surface area contributed by atoms with E-state index in [9.17, 15) is 4.79 Å². The zero-order valence-electron chi connectivity index (χ0n) is 7.09. The number of hydrogen-bond donors (Lipinski definition) is 1. The van der Waals surface area contributed by atoms with Crippen molar-refractivity contribution in [1.29, 1.82) is 0 Å². The van der Waals surface area contributed by atoms with E-state index in [-0.39, 0.29) is 5.97 Å². The quantitative estimate of drug-likeness (QED) is 0.486. The van der Waals surface area contributed by atoms with E-state index >= 15 is 0 Å². The molecule has 0 fully saturated rings. The Morgan fingerprint density at radius 1 is 1.73 bits per heavy atom. The minimum Gasteiger partial charge on any atom is -0.468 e. The fourth-order valence-corrected chi connectivity index (χ4v) is 0.671. The largest absolute Gasteiger partial charge is 0.468 e. The zero-order chi connectivity index (χ0) is 8.85. The molecule has 0 aromatic heterocycles. The fourth-order valence-electron chi connectivity index (χ4n) is 0.671. The van der Waals surface area contributed by atoms with Crippen molar-refractivity contribution in [3.8, 4) is 0 Å². The maximum absolute atomic E-state index is 10.7. The number of nitrogens with two attached hydrogens (primary N) is 1. The molecule has 0 heterocycles. The molecule has 0 saturated heterocycles. The van der Waals surface area contributed by atoms with Crippen LogP contribution in [0, 0.1) is 0 Å². The molecule has 0 aliphatic rings. The Morgan fingerprint density at radius 2 is 2.27 bits per heavy atom. The minimum atomic E-state index is -0.503. The van der Waals surface area contributed by atoms with E-state index in [4.69, 9.17) is 5.73 Å². The molecule has 1 unspecified atom stereocenters. The Kier molecular flexibility index (Phi) is 4.54. The summed E-state index contributed by atoms with van der Waals surface area (Å²) < 4.78 is 4.45. The molecular formula is C8H15NO2. The number of hydrogen-bond acceptors (Lipinski definition) is 3. The van der Waals surface area contributed by atoms with Gasteiger partial charge in [-0.1, -0.05) is 5.57 Å². The average molecular weight is 157 g/mol. The summed E-state index contributed by atoms with van der Waals surface area (Å²) in [5.74, 6) is -0.355. The molecule has 3 heteroatoms. The first-order chi connectivity index (χ1) is 5.07. The molecule has 0 amide bonds. The summed E-state index contributed by atoms with van der Waals surface area (Å²) in [4.78, 5) is 10.7. The second kappa shape index (κ2) is 4.91. The molecule has 0 aromatic carbocycles. The Bertz CT molecular complexity index is 154. The predicted octanol–water partition coefficient (Wildman–Crippen LogP) is 0.843. The van der Waals surface area contributed by atoms with Gasteiger partial charge in [0.2, 0.25) is 0 Å². The van der Waals surface area contributed by atoms with Crippen LogP contribution in [0.15, 0.2) is 12.2 Å². The van der Waals surface area contributed by atoms with Crippen LogP contribution in [0.1, 0.15) is 19.8 Å². The van der Waals surface area contributed by atoms with E-state index in [0.717, 1.165) is 12.0 Å². The predicted molar refractivity (Wildman–Crippen MR) is 44.0 cm³/mol. The lowest BCUT2D eigenvalue weighted by Crippen LogP contribution is -2.31. The van der Waals surface area contributed by atoms with E-state index in [2.05, 4.69) is 11.3 Å². The number of carbonyl (C=O) groups is 1. The standard InChI is InChI=1S/C8H15NO2/c1-6(2)4-5-7(9)8(10)11-3/h7H,1,4-5,9H2,2-3H3. The Morgan fingerprint density at radius 3 is 2.64 bits per heavy atom. The second-order valence-electron chi connectivity index (χ2n) is 2.63. The zero-order valence-corrected chi connectivity index (χ0v) is 7.09. The van der Waals surface area contributed by atoms with Crippen molar-refractivity contribution in [2.24, 2.45) is 5.73 Å². The van der Waals surface area contributed by atoms with Crippen LogP contribution in [0.5, 0.6) is 0 Å². The van der Waals surface area contributed by atoms with Gasteiger partial charge in [-0.2, -0.15) is 0 Å². The molecular weight excluding hydrogens is 142 g/mol. The molecule has 0 aliphatic heterocycles. The van der Waals surface area contributed by atoms with Crippen LogP contribution in [0.25, 0.3) is 0 Å². The first-order valence-corrected chi connectivity index (χ1v) is 3.55. The number of carbonyl (C=O) groups excluding carboxylic acids is 1. The molecule has 0 saturated carbocycles. The lowest BCUT2D eigenvalue weighted by Gasteiger charge is -2.07. The van der Waals surface area contributed by atoms with E-state index in [1.54, 1.807) is 0 Å². The van der Waals surface area contributed by atoms with Crippen LogP contribution in [0.4, 0.5) is 0 Å². The van der Waals surface area contributed by atoms with Gasteiger partial charge >= 0.3 is 5.97 Å². The second-order valence-corrected chi connectivity index (χ2v) is 2.63. The third-order valence-electron chi connectivity index (χ3n) is 1.39. The van der Waals surface area contributed by atoms with E-state index < -0.39 is 6.04 Å². The van der Waals surface area contributed by atoms with Crippen molar-refractivity contribution in [2.75, 3.05) is 7.11 Å². The number of rotatable bonds is 4. The third kappa shape index (κ3) is 4.56. The summed E-state index contributed by atoms with van der Waals surface area (Å²) in [6.45, 7) is 5.61. The average Bonchev–Trinajstić information content (AvgIpc) is 1.98. The number of allylic oxidation sites excluding steroid dienone is 1. The number of esters is 1. The van der Waals surface area contributed by atoms with Gasteiger partial charge in [0.1, 0.15) is 6.04 Å². The van der Waals surface area contributed by atoms with Crippen LogP contribution >= 0.6 is 0 Å². The van der Waals surface area contributed by atoms with Crippen LogP contribution in [0.3, 0.4) is 0 Å². The van der Waals surface area contributed by atoms with Crippen molar-refractivity contribution >= 4 is 5.97 Å². The summed E-state index contributed by atoms with van der Waals surface area (Å²) in [5, 5.41) is 0. The molecule has 0 radical (unpaired) electrons. The minimum absolute atomic E-state index is 0.355. The maximum atomic E-state index is 10.7. The van der Waals surface area contributed by atoms with Gasteiger partial charge in [-0.15, -0.1) is 6.58 Å². The van der Waals surface area contributed by atoms with Gasteiger partial charge < -0.3 is 10.5 Å². The first kappa shape index (κ1) is 10.2. The number of methoxy groups -OCH3 is 1. The van der Waals surface area contributed by atoms with Crippen molar-refractivity contribution in [2.45, 2.75) is 25.8 Å². The Hall–Kier alpha value is -0.830. The molecule has 0 rings (SSSR count). The lowest BCUT2D eigenvalue weighted by molar-refractivity contribution is -0.142. The normalized spacial score (nSPS) is 12.3. The summed E-state index contributed by atoms with van der Waals surface area (Å²) >= 11 is 0. The molecule has 3 nitrogen and oxygen atoms in total. The number of ether oxygens (including phenoxy) is 1. The van der Waals surface area contributed by atoms with E-state index in [0.29, 0.717) is 6.42 Å². The SMILES string of the molecule is C=C(C)CCC(N)C(=O)OC.